The maximum atomic E-state index is 10.6. The van der Waals surface area contributed by atoms with Crippen LogP contribution in [-0.4, -0.2) is 20.2 Å². The molecule has 0 aromatic heterocycles. The largest absolute Gasteiger partial charge is 0.500 e. The van der Waals surface area contributed by atoms with Gasteiger partial charge < -0.3 is 9.47 Å². The topological polar surface area (TPSA) is 35.5 Å². The van der Waals surface area contributed by atoms with Crippen molar-refractivity contribution in [1.82, 2.24) is 0 Å². The Morgan fingerprint density at radius 2 is 1.80 bits per heavy atom. The lowest BCUT2D eigenvalue weighted by atomic mass is 10.5. The molecule has 10 heavy (non-hydrogen) atoms. The normalized spacial score (nSPS) is 12.0. The summed E-state index contributed by atoms with van der Waals surface area (Å²) in [6, 6.07) is 0. The van der Waals surface area contributed by atoms with Crippen LogP contribution in [0.25, 0.3) is 0 Å². The van der Waals surface area contributed by atoms with Crippen molar-refractivity contribution in [2.24, 2.45) is 0 Å². The van der Waals surface area contributed by atoms with Gasteiger partial charge in [0.1, 0.15) is 5.76 Å². The molecule has 0 aromatic rings. The molecule has 0 spiro atoms. The van der Waals surface area contributed by atoms with Gasteiger partial charge in [-0.3, -0.25) is 0 Å². The van der Waals surface area contributed by atoms with Crippen LogP contribution in [0.2, 0.25) is 0 Å². The van der Waals surface area contributed by atoms with Crippen LogP contribution in [0.4, 0.5) is 0 Å². The van der Waals surface area contributed by atoms with Gasteiger partial charge in [-0.05, 0) is 6.92 Å². The highest BCUT2D eigenvalue weighted by Gasteiger charge is 2.09. The fourth-order valence-corrected chi connectivity index (χ4v) is 0.477. The van der Waals surface area contributed by atoms with Crippen molar-refractivity contribution in [2.45, 2.75) is 6.92 Å². The Balaban J connectivity index is 4.30. The van der Waals surface area contributed by atoms with Gasteiger partial charge in [-0.1, -0.05) is 11.6 Å². The van der Waals surface area contributed by atoms with Crippen LogP contribution in [-0.2, 0) is 14.3 Å². The molecule has 58 valence electrons. The monoisotopic (exact) mass is 164 g/mol. The van der Waals surface area contributed by atoms with Crippen LogP contribution >= 0.6 is 11.6 Å². The first kappa shape index (κ1) is 9.30. The van der Waals surface area contributed by atoms with Crippen molar-refractivity contribution >= 4 is 17.6 Å². The molecule has 0 aliphatic carbocycles. The van der Waals surface area contributed by atoms with Crippen molar-refractivity contribution in [1.29, 1.82) is 0 Å². The summed E-state index contributed by atoms with van der Waals surface area (Å²) in [6.07, 6.45) is 0. The van der Waals surface area contributed by atoms with Crippen LogP contribution in [0, 0.1) is 0 Å². The lowest BCUT2D eigenvalue weighted by molar-refractivity contribution is -0.135. The molecule has 0 heterocycles. The number of ether oxygens (including phenoxy) is 2. The van der Waals surface area contributed by atoms with E-state index >= 15 is 0 Å². The number of methoxy groups -OCH3 is 2. The first-order chi connectivity index (χ1) is 4.63. The number of halogens is 1. The zero-order chi connectivity index (χ0) is 8.15. The van der Waals surface area contributed by atoms with Crippen molar-refractivity contribution in [3.05, 3.63) is 10.8 Å². The minimum atomic E-state index is -0.582. The molecule has 0 N–H and O–H groups in total. The molecule has 0 rings (SSSR count). The number of esters is 1. The van der Waals surface area contributed by atoms with E-state index < -0.39 is 5.97 Å². The second-order valence-corrected chi connectivity index (χ2v) is 1.94. The Bertz CT molecular complexity index is 162. The predicted molar refractivity (Wildman–Crippen MR) is 37.6 cm³/mol. The average molecular weight is 165 g/mol. The zero-order valence-electron chi connectivity index (χ0n) is 6.10. The van der Waals surface area contributed by atoms with E-state index in [9.17, 15) is 4.79 Å². The average Bonchev–Trinajstić information content (AvgIpc) is 2.00. The molecule has 0 amide bonds. The Morgan fingerprint density at radius 3 is 2.10 bits per heavy atom. The number of hydrogen-bond donors (Lipinski definition) is 0. The maximum Gasteiger partial charge on any atom is 0.352 e. The Morgan fingerprint density at radius 1 is 1.30 bits per heavy atom. The Kier molecular flexibility index (Phi) is 3.88. The van der Waals surface area contributed by atoms with Crippen LogP contribution < -0.4 is 0 Å². The maximum absolute atomic E-state index is 10.6. The van der Waals surface area contributed by atoms with Gasteiger partial charge in [-0.2, -0.15) is 0 Å². The summed E-state index contributed by atoms with van der Waals surface area (Å²) in [5.41, 5.74) is 0. The molecule has 0 aliphatic rings. The number of carbonyl (C=O) groups is 1. The molecule has 0 unspecified atom stereocenters. The van der Waals surface area contributed by atoms with Crippen molar-refractivity contribution < 1.29 is 14.3 Å². The van der Waals surface area contributed by atoms with E-state index in [0.29, 0.717) is 5.76 Å². The Hall–Kier alpha value is -0.700. The first-order valence-electron chi connectivity index (χ1n) is 2.62. The van der Waals surface area contributed by atoms with E-state index in [1.165, 1.54) is 14.2 Å². The Labute approximate surface area is 64.6 Å². The van der Waals surface area contributed by atoms with E-state index in [-0.39, 0.29) is 5.03 Å². The van der Waals surface area contributed by atoms with E-state index in [4.69, 9.17) is 11.6 Å². The van der Waals surface area contributed by atoms with Crippen LogP contribution in [0.15, 0.2) is 10.8 Å². The number of hydrogen-bond acceptors (Lipinski definition) is 3. The molecule has 0 aromatic carbocycles. The summed E-state index contributed by atoms with van der Waals surface area (Å²) >= 11 is 5.46. The smallest absolute Gasteiger partial charge is 0.352 e. The van der Waals surface area contributed by atoms with Crippen molar-refractivity contribution in [3.8, 4) is 0 Å². The fourth-order valence-electron chi connectivity index (χ4n) is 0.323. The van der Waals surface area contributed by atoms with Gasteiger partial charge >= 0.3 is 5.97 Å². The summed E-state index contributed by atoms with van der Waals surface area (Å²) in [6.45, 7) is 1.58. The second-order valence-electron chi connectivity index (χ2n) is 1.57. The zero-order valence-corrected chi connectivity index (χ0v) is 6.86. The molecule has 0 atom stereocenters. The highest BCUT2D eigenvalue weighted by atomic mass is 35.5. The highest BCUT2D eigenvalue weighted by Crippen LogP contribution is 2.10. The molecule has 3 nitrogen and oxygen atoms in total. The minimum Gasteiger partial charge on any atom is -0.500 e. The summed E-state index contributed by atoms with van der Waals surface area (Å²) in [5, 5.41) is -0.0231. The van der Waals surface area contributed by atoms with Crippen LogP contribution in [0.1, 0.15) is 6.92 Å². The van der Waals surface area contributed by atoms with Gasteiger partial charge in [-0.25, -0.2) is 4.79 Å². The molecule has 0 fully saturated rings. The van der Waals surface area contributed by atoms with E-state index in [2.05, 4.69) is 9.47 Å². The number of allylic oxidation sites excluding steroid dienone is 1. The quantitative estimate of drug-likeness (QED) is 0.350. The molecule has 4 heteroatoms. The summed E-state index contributed by atoms with van der Waals surface area (Å²) in [7, 11) is 2.69. The minimum absolute atomic E-state index is 0.0231. The van der Waals surface area contributed by atoms with Crippen LogP contribution in [0.5, 0.6) is 0 Å². The van der Waals surface area contributed by atoms with E-state index in [1.807, 2.05) is 0 Å². The molecular formula is C6H9ClO3. The standard InChI is InChI=1S/C6H9ClO3/c1-4(9-2)5(7)6(8)10-3/h1-3H3/b5-4-. The molecule has 0 saturated carbocycles. The molecule has 0 aliphatic heterocycles. The number of carbonyl (C=O) groups excluding carboxylic acids is 1. The highest BCUT2D eigenvalue weighted by molar-refractivity contribution is 6.41. The van der Waals surface area contributed by atoms with Gasteiger partial charge in [0.2, 0.25) is 0 Å². The molecular weight excluding hydrogens is 156 g/mol. The molecule has 0 bridgehead atoms. The number of rotatable bonds is 2. The van der Waals surface area contributed by atoms with Gasteiger partial charge in [0.15, 0.2) is 5.03 Å². The summed E-state index contributed by atoms with van der Waals surface area (Å²) in [4.78, 5) is 10.6. The third-order valence-corrected chi connectivity index (χ3v) is 1.40. The van der Waals surface area contributed by atoms with E-state index in [1.54, 1.807) is 6.92 Å². The predicted octanol–water partition coefficient (Wildman–Crippen LogP) is 1.28. The molecule has 0 saturated heterocycles. The van der Waals surface area contributed by atoms with Gasteiger partial charge in [0, 0.05) is 0 Å². The van der Waals surface area contributed by atoms with Gasteiger partial charge in [-0.15, -0.1) is 0 Å². The van der Waals surface area contributed by atoms with Crippen molar-refractivity contribution in [3.63, 3.8) is 0 Å². The summed E-state index contributed by atoms with van der Waals surface area (Å²) in [5.74, 6) is -0.227. The van der Waals surface area contributed by atoms with Crippen molar-refractivity contribution in [2.75, 3.05) is 14.2 Å². The SMILES string of the molecule is COC(=O)/C(Cl)=C(\C)OC. The van der Waals surface area contributed by atoms with Gasteiger partial charge in [0.05, 0.1) is 14.2 Å². The lowest BCUT2D eigenvalue weighted by Crippen LogP contribution is -2.02. The van der Waals surface area contributed by atoms with Crippen LogP contribution in [0.3, 0.4) is 0 Å². The fraction of sp³-hybridized carbons (Fsp3) is 0.500. The third kappa shape index (κ3) is 2.27. The second kappa shape index (κ2) is 4.17. The third-order valence-electron chi connectivity index (χ3n) is 0.980. The van der Waals surface area contributed by atoms with E-state index in [0.717, 1.165) is 0 Å². The lowest BCUT2D eigenvalue weighted by Gasteiger charge is -2.00. The molecule has 0 radical (unpaired) electrons. The summed E-state index contributed by atoms with van der Waals surface area (Å²) < 4.78 is 9.01. The first-order valence-corrected chi connectivity index (χ1v) is 3.00. The van der Waals surface area contributed by atoms with Gasteiger partial charge in [0.25, 0.3) is 0 Å².